The van der Waals surface area contributed by atoms with Crippen molar-refractivity contribution < 1.29 is 24.1 Å². The van der Waals surface area contributed by atoms with Gasteiger partial charge in [-0.05, 0) is 56.2 Å². The summed E-state index contributed by atoms with van der Waals surface area (Å²) in [5.41, 5.74) is 3.86. The van der Waals surface area contributed by atoms with E-state index in [1.54, 1.807) is 0 Å². The first-order valence-corrected chi connectivity index (χ1v) is 11.0. The van der Waals surface area contributed by atoms with Crippen LogP contribution in [-0.4, -0.2) is 57.7 Å². The second-order valence-electron chi connectivity index (χ2n) is 8.17. The first-order valence-electron chi connectivity index (χ1n) is 11.0. The molecule has 0 atom stereocenters. The Labute approximate surface area is 184 Å². The molecule has 1 fully saturated rings. The average Bonchev–Trinajstić information content (AvgIpc) is 2.74. The van der Waals surface area contributed by atoms with Crippen LogP contribution < -0.4 is 25.2 Å². The van der Waals surface area contributed by atoms with Crippen LogP contribution in [0.4, 0.5) is 11.4 Å². The molecule has 4 N–H and O–H groups in total. The Morgan fingerprint density at radius 1 is 0.839 bits per heavy atom. The minimum atomic E-state index is 0.00961. The number of hydrogen-bond acceptors (Lipinski definition) is 3. The molecule has 0 aromatic heterocycles. The zero-order valence-corrected chi connectivity index (χ0v) is 18.7. The highest BCUT2D eigenvalue weighted by Gasteiger charge is 2.26. The van der Waals surface area contributed by atoms with Gasteiger partial charge in [-0.3, -0.25) is 9.59 Å². The SMILES string of the molecule is CCOc1ccc(NC(=O)C[NH+]2CC[NH+](CC(=O)Nc3c(C)cccc3C)CC2)cc1. The summed E-state index contributed by atoms with van der Waals surface area (Å²) in [5.74, 6) is 0.853. The van der Waals surface area contributed by atoms with Crippen molar-refractivity contribution in [2.75, 3.05) is 56.5 Å². The molecule has 2 aromatic carbocycles. The molecule has 1 aliphatic heterocycles. The molecule has 0 spiro atoms. The molecule has 0 radical (unpaired) electrons. The van der Waals surface area contributed by atoms with Gasteiger partial charge in [0.05, 0.1) is 6.61 Å². The third-order valence-electron chi connectivity index (χ3n) is 5.68. The quantitative estimate of drug-likeness (QED) is 0.482. The highest BCUT2D eigenvalue weighted by atomic mass is 16.5. The van der Waals surface area contributed by atoms with E-state index in [0.717, 1.165) is 54.4 Å². The summed E-state index contributed by atoms with van der Waals surface area (Å²) in [6, 6.07) is 13.4. The number of carbonyl (C=O) groups excluding carboxylic acids is 2. The molecule has 1 aliphatic rings. The number of para-hydroxylation sites is 1. The third-order valence-corrected chi connectivity index (χ3v) is 5.68. The van der Waals surface area contributed by atoms with Gasteiger partial charge < -0.3 is 25.2 Å². The highest BCUT2D eigenvalue weighted by Crippen LogP contribution is 2.19. The molecule has 0 saturated carbocycles. The number of amides is 2. The molecule has 1 saturated heterocycles. The third kappa shape index (κ3) is 6.80. The van der Waals surface area contributed by atoms with Gasteiger partial charge in [0.2, 0.25) is 0 Å². The number of ether oxygens (including phenoxy) is 1. The largest absolute Gasteiger partial charge is 0.494 e. The lowest BCUT2D eigenvalue weighted by atomic mass is 10.1. The lowest BCUT2D eigenvalue weighted by Gasteiger charge is -2.29. The number of aryl methyl sites for hydroxylation is 2. The number of carbonyl (C=O) groups is 2. The zero-order chi connectivity index (χ0) is 22.2. The number of anilines is 2. The van der Waals surface area contributed by atoms with E-state index < -0.39 is 0 Å². The van der Waals surface area contributed by atoms with Crippen LogP contribution >= 0.6 is 0 Å². The fourth-order valence-corrected chi connectivity index (χ4v) is 3.97. The molecule has 7 heteroatoms. The van der Waals surface area contributed by atoms with Gasteiger partial charge >= 0.3 is 0 Å². The lowest BCUT2D eigenvalue weighted by molar-refractivity contribution is -1.00. The molecule has 1 heterocycles. The van der Waals surface area contributed by atoms with E-state index in [2.05, 4.69) is 10.6 Å². The van der Waals surface area contributed by atoms with E-state index in [4.69, 9.17) is 4.74 Å². The topological polar surface area (TPSA) is 76.3 Å². The van der Waals surface area contributed by atoms with E-state index in [9.17, 15) is 9.59 Å². The second-order valence-corrected chi connectivity index (χ2v) is 8.17. The molecular formula is C24H34N4O3+2. The van der Waals surface area contributed by atoms with Crippen LogP contribution in [-0.2, 0) is 9.59 Å². The van der Waals surface area contributed by atoms with E-state index in [0.29, 0.717) is 19.7 Å². The predicted molar refractivity (Wildman–Crippen MR) is 122 cm³/mol. The lowest BCUT2D eigenvalue weighted by Crippen LogP contribution is -3.28. The van der Waals surface area contributed by atoms with Gasteiger partial charge in [0, 0.05) is 11.4 Å². The van der Waals surface area contributed by atoms with Gasteiger partial charge in [0.25, 0.3) is 11.8 Å². The fraction of sp³-hybridized carbons (Fsp3) is 0.417. The average molecular weight is 427 g/mol. The van der Waals surface area contributed by atoms with Crippen molar-refractivity contribution in [3.8, 4) is 5.75 Å². The summed E-state index contributed by atoms with van der Waals surface area (Å²) in [7, 11) is 0. The summed E-state index contributed by atoms with van der Waals surface area (Å²) >= 11 is 0. The Morgan fingerprint density at radius 2 is 1.35 bits per heavy atom. The van der Waals surface area contributed by atoms with Crippen molar-refractivity contribution in [2.45, 2.75) is 20.8 Å². The minimum Gasteiger partial charge on any atom is -0.494 e. The maximum Gasteiger partial charge on any atom is 0.279 e. The second kappa shape index (κ2) is 10.9. The fourth-order valence-electron chi connectivity index (χ4n) is 3.97. The minimum absolute atomic E-state index is 0.00961. The Bertz CT molecular complexity index is 870. The summed E-state index contributed by atoms with van der Waals surface area (Å²) in [4.78, 5) is 27.4. The van der Waals surface area contributed by atoms with E-state index >= 15 is 0 Å². The van der Waals surface area contributed by atoms with Gasteiger partial charge in [-0.15, -0.1) is 0 Å². The summed E-state index contributed by atoms with van der Waals surface area (Å²) in [5, 5.41) is 6.02. The number of benzene rings is 2. The van der Waals surface area contributed by atoms with Crippen molar-refractivity contribution in [3.05, 3.63) is 53.6 Å². The van der Waals surface area contributed by atoms with Crippen molar-refractivity contribution >= 4 is 23.2 Å². The van der Waals surface area contributed by atoms with Crippen LogP contribution in [0.15, 0.2) is 42.5 Å². The molecule has 31 heavy (non-hydrogen) atoms. The summed E-state index contributed by atoms with van der Waals surface area (Å²) < 4.78 is 5.42. The Balaban J connectivity index is 1.40. The monoisotopic (exact) mass is 426 g/mol. The van der Waals surface area contributed by atoms with Crippen molar-refractivity contribution in [1.82, 2.24) is 0 Å². The van der Waals surface area contributed by atoms with E-state index in [-0.39, 0.29) is 11.8 Å². The summed E-state index contributed by atoms with van der Waals surface area (Å²) in [6.07, 6.45) is 0. The highest BCUT2D eigenvalue weighted by molar-refractivity contribution is 5.93. The molecule has 3 rings (SSSR count). The van der Waals surface area contributed by atoms with Crippen molar-refractivity contribution in [1.29, 1.82) is 0 Å². The van der Waals surface area contributed by atoms with Crippen LogP contribution in [0.3, 0.4) is 0 Å². The summed E-state index contributed by atoms with van der Waals surface area (Å²) in [6.45, 7) is 11.0. The molecule has 7 nitrogen and oxygen atoms in total. The van der Waals surface area contributed by atoms with Gasteiger partial charge in [-0.2, -0.15) is 0 Å². The smallest absolute Gasteiger partial charge is 0.279 e. The van der Waals surface area contributed by atoms with Gasteiger partial charge in [-0.1, -0.05) is 18.2 Å². The maximum atomic E-state index is 12.5. The molecule has 166 valence electrons. The number of piperazine rings is 1. The Morgan fingerprint density at radius 3 is 1.87 bits per heavy atom. The Kier molecular flexibility index (Phi) is 8.03. The van der Waals surface area contributed by atoms with E-state index in [1.165, 1.54) is 9.80 Å². The number of quaternary nitrogens is 2. The molecule has 0 bridgehead atoms. The molecule has 2 amide bonds. The van der Waals surface area contributed by atoms with Crippen LogP contribution in [0.25, 0.3) is 0 Å². The number of nitrogens with one attached hydrogen (secondary N) is 4. The van der Waals surface area contributed by atoms with Crippen LogP contribution in [0.1, 0.15) is 18.1 Å². The van der Waals surface area contributed by atoms with Crippen molar-refractivity contribution in [3.63, 3.8) is 0 Å². The normalized spacial score (nSPS) is 18.3. The zero-order valence-electron chi connectivity index (χ0n) is 18.7. The van der Waals surface area contributed by atoms with Crippen LogP contribution in [0.2, 0.25) is 0 Å². The van der Waals surface area contributed by atoms with Gasteiger partial charge in [0.1, 0.15) is 31.9 Å². The molecule has 0 aliphatic carbocycles. The number of rotatable bonds is 8. The van der Waals surface area contributed by atoms with Gasteiger partial charge in [0.15, 0.2) is 13.1 Å². The first-order chi connectivity index (χ1) is 14.9. The molecule has 2 aromatic rings. The molecular weight excluding hydrogens is 392 g/mol. The molecule has 0 unspecified atom stereocenters. The standard InChI is InChI=1S/C24H32N4O3/c1-4-31-21-10-8-20(9-11-21)25-22(29)16-27-12-14-28(15-13-27)17-23(30)26-24-18(2)6-5-7-19(24)3/h5-11H,4,12-17H2,1-3H3,(H,25,29)(H,26,30)/p+2. The van der Waals surface area contributed by atoms with E-state index in [1.807, 2.05) is 63.2 Å². The number of hydrogen-bond donors (Lipinski definition) is 4. The maximum absolute atomic E-state index is 12.5. The van der Waals surface area contributed by atoms with Crippen molar-refractivity contribution in [2.24, 2.45) is 0 Å². The Hall–Kier alpha value is -2.90. The van der Waals surface area contributed by atoms with Gasteiger partial charge in [-0.25, -0.2) is 0 Å². The first kappa shape index (κ1) is 22.8. The predicted octanol–water partition coefficient (Wildman–Crippen LogP) is 0.0627. The van der Waals surface area contributed by atoms with Crippen LogP contribution in [0.5, 0.6) is 5.75 Å². The van der Waals surface area contributed by atoms with Crippen LogP contribution in [0, 0.1) is 13.8 Å².